The normalized spacial score (nSPS) is 10.5. The van der Waals surface area contributed by atoms with Crippen LogP contribution in [-0.2, 0) is 13.2 Å². The van der Waals surface area contributed by atoms with Crippen molar-refractivity contribution in [2.45, 2.75) is 13.2 Å². The lowest BCUT2D eigenvalue weighted by Gasteiger charge is -2.07. The molecule has 0 unspecified atom stereocenters. The first-order chi connectivity index (χ1) is 9.17. The average molecular weight is 264 g/mol. The number of hydrogen-bond donors (Lipinski definition) is 1. The van der Waals surface area contributed by atoms with Crippen LogP contribution in [0.2, 0.25) is 0 Å². The van der Waals surface area contributed by atoms with Crippen LogP contribution in [0.5, 0.6) is 5.75 Å². The van der Waals surface area contributed by atoms with Gasteiger partial charge in [-0.15, -0.1) is 0 Å². The van der Waals surface area contributed by atoms with Crippen molar-refractivity contribution in [3.05, 3.63) is 59.4 Å². The lowest BCUT2D eigenvalue weighted by Crippen LogP contribution is -2.06. The molecule has 1 N–H and O–H groups in total. The molecule has 0 aliphatic carbocycles. The highest BCUT2D eigenvalue weighted by Gasteiger charge is 2.02. The minimum Gasteiger partial charge on any atom is -0.487 e. The van der Waals surface area contributed by atoms with Gasteiger partial charge in [0.05, 0.1) is 5.69 Å². The van der Waals surface area contributed by atoms with Crippen molar-refractivity contribution in [3.8, 4) is 5.75 Å². The standard InChI is InChI=1S/C14H14F2N2O/c1-17-7-10-2-3-13(18-8-10)9-19-14-5-11(15)4-12(16)6-14/h2-6,8,17H,7,9H2,1H3. The maximum absolute atomic E-state index is 12.9. The second-order valence-corrected chi connectivity index (χ2v) is 4.08. The van der Waals surface area contributed by atoms with Crippen molar-refractivity contribution in [2.24, 2.45) is 0 Å². The molecule has 0 aliphatic rings. The quantitative estimate of drug-likeness (QED) is 0.901. The number of aromatic nitrogens is 1. The molecule has 1 aromatic carbocycles. The Morgan fingerprint density at radius 1 is 1.16 bits per heavy atom. The second kappa shape index (κ2) is 6.24. The van der Waals surface area contributed by atoms with Crippen molar-refractivity contribution < 1.29 is 13.5 Å². The van der Waals surface area contributed by atoms with Gasteiger partial charge in [-0.1, -0.05) is 6.07 Å². The van der Waals surface area contributed by atoms with Gasteiger partial charge in [0.2, 0.25) is 0 Å². The van der Waals surface area contributed by atoms with Gasteiger partial charge in [0, 0.05) is 30.9 Å². The summed E-state index contributed by atoms with van der Waals surface area (Å²) in [6.45, 7) is 0.909. The Morgan fingerprint density at radius 2 is 1.89 bits per heavy atom. The van der Waals surface area contributed by atoms with Gasteiger partial charge in [-0.25, -0.2) is 8.78 Å². The molecule has 0 saturated carbocycles. The fourth-order valence-corrected chi connectivity index (χ4v) is 1.62. The summed E-state index contributed by atoms with van der Waals surface area (Å²) in [5.74, 6) is -1.17. The van der Waals surface area contributed by atoms with Crippen molar-refractivity contribution in [2.75, 3.05) is 7.05 Å². The molecule has 2 aromatic rings. The summed E-state index contributed by atoms with van der Waals surface area (Å²) in [4.78, 5) is 4.20. The van der Waals surface area contributed by atoms with Crippen LogP contribution in [0.4, 0.5) is 8.78 Å². The van der Waals surface area contributed by atoms with Crippen LogP contribution in [0.25, 0.3) is 0 Å². The molecular weight excluding hydrogens is 250 g/mol. The van der Waals surface area contributed by atoms with E-state index in [9.17, 15) is 8.78 Å². The van der Waals surface area contributed by atoms with Crippen LogP contribution in [0.1, 0.15) is 11.3 Å². The van der Waals surface area contributed by atoms with Crippen LogP contribution in [0.3, 0.4) is 0 Å². The van der Waals surface area contributed by atoms with Gasteiger partial charge in [0.15, 0.2) is 0 Å². The van der Waals surface area contributed by atoms with Gasteiger partial charge in [-0.2, -0.15) is 0 Å². The van der Waals surface area contributed by atoms with Gasteiger partial charge < -0.3 is 10.1 Å². The molecule has 0 saturated heterocycles. The number of pyridine rings is 1. The Balaban J connectivity index is 1.98. The van der Waals surface area contributed by atoms with E-state index in [1.807, 2.05) is 19.2 Å². The molecule has 0 fully saturated rings. The Labute approximate surface area is 110 Å². The van der Waals surface area contributed by atoms with Gasteiger partial charge in [0.1, 0.15) is 24.0 Å². The third-order valence-corrected chi connectivity index (χ3v) is 2.49. The summed E-state index contributed by atoms with van der Waals surface area (Å²) in [5, 5.41) is 3.02. The van der Waals surface area contributed by atoms with E-state index in [2.05, 4.69) is 10.3 Å². The number of nitrogens with one attached hydrogen (secondary N) is 1. The van der Waals surface area contributed by atoms with Crippen molar-refractivity contribution in [1.82, 2.24) is 10.3 Å². The molecule has 19 heavy (non-hydrogen) atoms. The molecule has 0 amide bonds. The van der Waals surface area contributed by atoms with Crippen LogP contribution in [0.15, 0.2) is 36.5 Å². The lowest BCUT2D eigenvalue weighted by atomic mass is 10.2. The molecule has 0 bridgehead atoms. The van der Waals surface area contributed by atoms with Crippen molar-refractivity contribution in [1.29, 1.82) is 0 Å². The summed E-state index contributed by atoms with van der Waals surface area (Å²) in [6.07, 6.45) is 1.74. The molecule has 0 radical (unpaired) electrons. The summed E-state index contributed by atoms with van der Waals surface area (Å²) >= 11 is 0. The highest BCUT2D eigenvalue weighted by molar-refractivity contribution is 5.24. The Kier molecular flexibility index (Phi) is 4.41. The summed E-state index contributed by atoms with van der Waals surface area (Å²) in [6, 6.07) is 6.82. The van der Waals surface area contributed by atoms with Crippen molar-refractivity contribution >= 4 is 0 Å². The van der Waals surface area contributed by atoms with Crippen LogP contribution in [0, 0.1) is 11.6 Å². The topological polar surface area (TPSA) is 34.1 Å². The minimum absolute atomic E-state index is 0.151. The van der Waals surface area contributed by atoms with E-state index in [0.717, 1.165) is 30.3 Å². The Bertz CT molecular complexity index is 523. The predicted molar refractivity (Wildman–Crippen MR) is 67.7 cm³/mol. The van der Waals surface area contributed by atoms with E-state index in [4.69, 9.17) is 4.74 Å². The molecule has 0 atom stereocenters. The molecule has 1 aromatic heterocycles. The molecule has 100 valence electrons. The van der Waals surface area contributed by atoms with Crippen LogP contribution >= 0.6 is 0 Å². The van der Waals surface area contributed by atoms with E-state index in [-0.39, 0.29) is 12.4 Å². The molecule has 3 nitrogen and oxygen atoms in total. The highest BCUT2D eigenvalue weighted by atomic mass is 19.1. The monoisotopic (exact) mass is 264 g/mol. The zero-order valence-corrected chi connectivity index (χ0v) is 10.5. The number of halogens is 2. The first-order valence-electron chi connectivity index (χ1n) is 5.84. The third-order valence-electron chi connectivity index (χ3n) is 2.49. The SMILES string of the molecule is CNCc1ccc(COc2cc(F)cc(F)c2)nc1. The zero-order chi connectivity index (χ0) is 13.7. The number of rotatable bonds is 5. The van der Waals surface area contributed by atoms with Gasteiger partial charge in [-0.05, 0) is 18.7 Å². The lowest BCUT2D eigenvalue weighted by molar-refractivity contribution is 0.298. The molecule has 2 rings (SSSR count). The Hall–Kier alpha value is -2.01. The molecular formula is C14H14F2N2O. The first-order valence-corrected chi connectivity index (χ1v) is 5.84. The summed E-state index contributed by atoms with van der Waals surface area (Å²) in [5.41, 5.74) is 1.76. The van der Waals surface area contributed by atoms with Gasteiger partial charge in [0.25, 0.3) is 0 Å². The van der Waals surface area contributed by atoms with Crippen molar-refractivity contribution in [3.63, 3.8) is 0 Å². The van der Waals surface area contributed by atoms with E-state index >= 15 is 0 Å². The maximum atomic E-state index is 12.9. The van der Waals surface area contributed by atoms with E-state index in [1.54, 1.807) is 6.20 Å². The smallest absolute Gasteiger partial charge is 0.130 e. The molecule has 0 aliphatic heterocycles. The van der Waals surface area contributed by atoms with Gasteiger partial charge in [-0.3, -0.25) is 4.98 Å². The Morgan fingerprint density at radius 3 is 2.47 bits per heavy atom. The highest BCUT2D eigenvalue weighted by Crippen LogP contribution is 2.16. The third kappa shape index (κ3) is 3.99. The number of benzene rings is 1. The minimum atomic E-state index is -0.660. The number of nitrogens with zero attached hydrogens (tertiary/aromatic N) is 1. The number of ether oxygens (including phenoxy) is 1. The predicted octanol–water partition coefficient (Wildman–Crippen LogP) is 2.66. The summed E-state index contributed by atoms with van der Waals surface area (Å²) < 4.78 is 31.2. The molecule has 1 heterocycles. The molecule has 0 spiro atoms. The fourth-order valence-electron chi connectivity index (χ4n) is 1.62. The first kappa shape index (κ1) is 13.4. The largest absolute Gasteiger partial charge is 0.487 e. The van der Waals surface area contributed by atoms with E-state index in [0.29, 0.717) is 5.69 Å². The van der Waals surface area contributed by atoms with Gasteiger partial charge >= 0.3 is 0 Å². The number of hydrogen-bond acceptors (Lipinski definition) is 3. The fraction of sp³-hybridized carbons (Fsp3) is 0.214. The molecule has 5 heteroatoms. The van der Waals surface area contributed by atoms with Crippen LogP contribution < -0.4 is 10.1 Å². The van der Waals surface area contributed by atoms with E-state index < -0.39 is 11.6 Å². The second-order valence-electron chi connectivity index (χ2n) is 4.08. The van der Waals surface area contributed by atoms with Crippen LogP contribution in [-0.4, -0.2) is 12.0 Å². The van der Waals surface area contributed by atoms with E-state index in [1.165, 1.54) is 0 Å². The maximum Gasteiger partial charge on any atom is 0.130 e. The average Bonchev–Trinajstić information content (AvgIpc) is 2.37. The summed E-state index contributed by atoms with van der Waals surface area (Å²) in [7, 11) is 1.86. The zero-order valence-electron chi connectivity index (χ0n) is 10.5.